The molecule has 5 heteroatoms. The van der Waals surface area contributed by atoms with Gasteiger partial charge in [0.1, 0.15) is 0 Å². The van der Waals surface area contributed by atoms with Crippen LogP contribution >= 0.6 is 0 Å². The number of carbonyl (C=O) groups is 1. The summed E-state index contributed by atoms with van der Waals surface area (Å²) in [5, 5.41) is 6.01. The van der Waals surface area contributed by atoms with E-state index in [1.165, 1.54) is 32.1 Å². The standard InChI is InChI=1S/C16H30N2O3/c1-20-15-10-3-2-9-14(15)18-16(19)17-11-6-8-13-7-4-5-12-21-13/h13-15H,2-12H2,1H3,(H2,17,18,19)/t13-,14+,15+/m0/s1. The Morgan fingerprint density at radius 1 is 1.19 bits per heavy atom. The maximum Gasteiger partial charge on any atom is 0.315 e. The normalized spacial score (nSPS) is 29.9. The fraction of sp³-hybridized carbons (Fsp3) is 0.938. The van der Waals surface area contributed by atoms with E-state index in [2.05, 4.69) is 10.6 Å². The summed E-state index contributed by atoms with van der Waals surface area (Å²) in [6, 6.07) is 0.0962. The molecule has 0 aromatic carbocycles. The fourth-order valence-electron chi connectivity index (χ4n) is 3.33. The number of ether oxygens (including phenoxy) is 2. The second kappa shape index (κ2) is 9.26. The Morgan fingerprint density at radius 2 is 2.00 bits per heavy atom. The molecule has 1 heterocycles. The molecule has 0 unspecified atom stereocenters. The van der Waals surface area contributed by atoms with Gasteiger partial charge in [-0.15, -0.1) is 0 Å². The fourth-order valence-corrected chi connectivity index (χ4v) is 3.33. The molecule has 2 N–H and O–H groups in total. The van der Waals surface area contributed by atoms with Gasteiger partial charge in [0.2, 0.25) is 0 Å². The van der Waals surface area contributed by atoms with E-state index < -0.39 is 0 Å². The largest absolute Gasteiger partial charge is 0.379 e. The number of amides is 2. The molecule has 0 aromatic rings. The predicted molar refractivity (Wildman–Crippen MR) is 82.4 cm³/mol. The Morgan fingerprint density at radius 3 is 2.76 bits per heavy atom. The quantitative estimate of drug-likeness (QED) is 0.741. The lowest BCUT2D eigenvalue weighted by atomic mass is 9.92. The summed E-state index contributed by atoms with van der Waals surface area (Å²) in [7, 11) is 1.73. The van der Waals surface area contributed by atoms with E-state index in [0.29, 0.717) is 6.10 Å². The number of methoxy groups -OCH3 is 1. The van der Waals surface area contributed by atoms with Crippen molar-refractivity contribution in [1.29, 1.82) is 0 Å². The third kappa shape index (κ3) is 5.83. The lowest BCUT2D eigenvalue weighted by Gasteiger charge is -2.31. The summed E-state index contributed by atoms with van der Waals surface area (Å²) in [6.07, 6.45) is 10.7. The number of carbonyl (C=O) groups excluding carboxylic acids is 1. The van der Waals surface area contributed by atoms with Gasteiger partial charge in [0.15, 0.2) is 0 Å². The van der Waals surface area contributed by atoms with Gasteiger partial charge in [0, 0.05) is 20.3 Å². The van der Waals surface area contributed by atoms with E-state index in [-0.39, 0.29) is 18.2 Å². The van der Waals surface area contributed by atoms with E-state index in [4.69, 9.17) is 9.47 Å². The Hall–Kier alpha value is -0.810. The lowest BCUT2D eigenvalue weighted by molar-refractivity contribution is 0.0103. The minimum absolute atomic E-state index is 0.0616. The molecular weight excluding hydrogens is 268 g/mol. The van der Waals surface area contributed by atoms with Crippen LogP contribution in [-0.4, -0.2) is 44.5 Å². The third-order valence-corrected chi connectivity index (χ3v) is 4.58. The van der Waals surface area contributed by atoms with Crippen LogP contribution in [0.4, 0.5) is 4.79 Å². The molecule has 122 valence electrons. The zero-order chi connectivity index (χ0) is 14.9. The van der Waals surface area contributed by atoms with Crippen LogP contribution in [0.5, 0.6) is 0 Å². The van der Waals surface area contributed by atoms with Crippen LogP contribution in [0.15, 0.2) is 0 Å². The topological polar surface area (TPSA) is 59.6 Å². The molecule has 1 saturated heterocycles. The molecule has 2 amide bonds. The third-order valence-electron chi connectivity index (χ3n) is 4.58. The van der Waals surface area contributed by atoms with Crippen molar-refractivity contribution < 1.29 is 14.3 Å². The van der Waals surface area contributed by atoms with E-state index in [0.717, 1.165) is 38.8 Å². The monoisotopic (exact) mass is 298 g/mol. The molecule has 2 fully saturated rings. The molecule has 1 aliphatic carbocycles. The number of rotatable bonds is 6. The first-order chi connectivity index (χ1) is 10.3. The van der Waals surface area contributed by atoms with Crippen molar-refractivity contribution in [3.05, 3.63) is 0 Å². The van der Waals surface area contributed by atoms with Gasteiger partial charge in [-0.2, -0.15) is 0 Å². The molecule has 1 aliphatic heterocycles. The van der Waals surface area contributed by atoms with Crippen LogP contribution in [0.2, 0.25) is 0 Å². The molecule has 0 radical (unpaired) electrons. The molecule has 0 spiro atoms. The highest BCUT2D eigenvalue weighted by Crippen LogP contribution is 2.20. The summed E-state index contributed by atoms with van der Waals surface area (Å²) < 4.78 is 11.1. The molecule has 5 nitrogen and oxygen atoms in total. The van der Waals surface area contributed by atoms with Crippen LogP contribution in [0, 0.1) is 0 Å². The van der Waals surface area contributed by atoms with Gasteiger partial charge in [-0.1, -0.05) is 12.8 Å². The first-order valence-electron chi connectivity index (χ1n) is 8.48. The van der Waals surface area contributed by atoms with Crippen LogP contribution < -0.4 is 10.6 Å². The number of nitrogens with one attached hydrogen (secondary N) is 2. The molecule has 3 atom stereocenters. The van der Waals surface area contributed by atoms with Gasteiger partial charge in [-0.05, 0) is 44.9 Å². The molecule has 2 rings (SSSR count). The van der Waals surface area contributed by atoms with Gasteiger partial charge >= 0.3 is 6.03 Å². The van der Waals surface area contributed by atoms with Crippen LogP contribution in [0.1, 0.15) is 57.8 Å². The van der Waals surface area contributed by atoms with Crippen LogP contribution in [0.25, 0.3) is 0 Å². The average Bonchev–Trinajstić information content (AvgIpc) is 2.53. The summed E-state index contributed by atoms with van der Waals surface area (Å²) in [5.41, 5.74) is 0. The van der Waals surface area contributed by atoms with Crippen molar-refractivity contribution in [2.75, 3.05) is 20.3 Å². The second-order valence-electron chi connectivity index (χ2n) is 6.20. The smallest absolute Gasteiger partial charge is 0.315 e. The first kappa shape index (κ1) is 16.6. The van der Waals surface area contributed by atoms with Crippen molar-refractivity contribution in [2.24, 2.45) is 0 Å². The Labute approximate surface area is 128 Å². The summed E-state index contributed by atoms with van der Waals surface area (Å²) in [6.45, 7) is 1.62. The lowest BCUT2D eigenvalue weighted by Crippen LogP contribution is -2.49. The van der Waals surface area contributed by atoms with Crippen molar-refractivity contribution in [3.8, 4) is 0 Å². The van der Waals surface area contributed by atoms with Crippen molar-refractivity contribution in [1.82, 2.24) is 10.6 Å². The predicted octanol–water partition coefficient (Wildman–Crippen LogP) is 2.59. The number of hydrogen-bond donors (Lipinski definition) is 2. The van der Waals surface area contributed by atoms with E-state index >= 15 is 0 Å². The highest BCUT2D eigenvalue weighted by molar-refractivity contribution is 5.74. The van der Waals surface area contributed by atoms with E-state index in [1.807, 2.05) is 0 Å². The zero-order valence-electron chi connectivity index (χ0n) is 13.2. The molecular formula is C16H30N2O3. The van der Waals surface area contributed by atoms with Gasteiger partial charge in [0.05, 0.1) is 18.2 Å². The SMILES string of the molecule is CO[C@@H]1CCCC[C@H]1NC(=O)NCCC[C@@H]1CCCCO1. The maximum atomic E-state index is 11.9. The number of urea groups is 1. The summed E-state index contributed by atoms with van der Waals surface area (Å²) in [4.78, 5) is 11.9. The first-order valence-corrected chi connectivity index (χ1v) is 8.48. The summed E-state index contributed by atoms with van der Waals surface area (Å²) in [5.74, 6) is 0. The highest BCUT2D eigenvalue weighted by Gasteiger charge is 2.26. The van der Waals surface area contributed by atoms with Crippen molar-refractivity contribution in [2.45, 2.75) is 76.0 Å². The Balaban J connectivity index is 1.56. The maximum absolute atomic E-state index is 11.9. The van der Waals surface area contributed by atoms with Crippen LogP contribution in [0.3, 0.4) is 0 Å². The summed E-state index contributed by atoms with van der Waals surface area (Å²) >= 11 is 0. The minimum atomic E-state index is -0.0616. The number of hydrogen-bond acceptors (Lipinski definition) is 3. The van der Waals surface area contributed by atoms with E-state index in [1.54, 1.807) is 7.11 Å². The molecule has 2 aliphatic rings. The van der Waals surface area contributed by atoms with Gasteiger partial charge in [-0.3, -0.25) is 0 Å². The van der Waals surface area contributed by atoms with Gasteiger partial charge in [0.25, 0.3) is 0 Å². The Kier molecular flexibility index (Phi) is 7.30. The minimum Gasteiger partial charge on any atom is -0.379 e. The highest BCUT2D eigenvalue weighted by atomic mass is 16.5. The molecule has 1 saturated carbocycles. The average molecular weight is 298 g/mol. The Bertz CT molecular complexity index is 306. The van der Waals surface area contributed by atoms with Crippen molar-refractivity contribution >= 4 is 6.03 Å². The molecule has 0 bridgehead atoms. The van der Waals surface area contributed by atoms with E-state index in [9.17, 15) is 4.79 Å². The molecule has 21 heavy (non-hydrogen) atoms. The zero-order valence-corrected chi connectivity index (χ0v) is 13.2. The molecule has 0 aromatic heterocycles. The van der Waals surface area contributed by atoms with Gasteiger partial charge in [-0.25, -0.2) is 4.79 Å². The van der Waals surface area contributed by atoms with Gasteiger partial charge < -0.3 is 20.1 Å². The van der Waals surface area contributed by atoms with Crippen LogP contribution in [-0.2, 0) is 9.47 Å². The second-order valence-corrected chi connectivity index (χ2v) is 6.20. The van der Waals surface area contributed by atoms with Crippen molar-refractivity contribution in [3.63, 3.8) is 0 Å².